The van der Waals surface area contributed by atoms with Gasteiger partial charge in [-0.05, 0) is 50.6 Å². The van der Waals surface area contributed by atoms with E-state index in [2.05, 4.69) is 27.0 Å². The second-order valence-corrected chi connectivity index (χ2v) is 8.56. The van der Waals surface area contributed by atoms with Crippen molar-refractivity contribution in [2.75, 3.05) is 26.1 Å². The first-order chi connectivity index (χ1) is 17.1. The maximum Gasteiger partial charge on any atom is 0.419 e. The normalized spacial score (nSPS) is 14.5. The number of alkyl halides is 3. The van der Waals surface area contributed by atoms with Gasteiger partial charge in [-0.3, -0.25) is 4.99 Å². The molecule has 3 aromatic rings. The summed E-state index contributed by atoms with van der Waals surface area (Å²) in [4.78, 5) is 12.4. The molecule has 0 radical (unpaired) electrons. The van der Waals surface area contributed by atoms with E-state index < -0.39 is 17.6 Å². The number of fused-ring (bicyclic) bond motifs is 1. The molecule has 36 heavy (non-hydrogen) atoms. The molecule has 1 saturated carbocycles. The van der Waals surface area contributed by atoms with E-state index in [4.69, 9.17) is 14.2 Å². The van der Waals surface area contributed by atoms with Crippen LogP contribution in [0.4, 0.5) is 29.1 Å². The van der Waals surface area contributed by atoms with E-state index in [1.165, 1.54) is 13.2 Å². The van der Waals surface area contributed by atoms with Crippen LogP contribution < -0.4 is 14.8 Å². The van der Waals surface area contributed by atoms with Gasteiger partial charge in [0.2, 0.25) is 0 Å². The molecule has 4 rings (SSSR count). The van der Waals surface area contributed by atoms with Crippen molar-refractivity contribution in [1.82, 2.24) is 9.97 Å². The van der Waals surface area contributed by atoms with Crippen molar-refractivity contribution in [3.05, 3.63) is 47.0 Å². The average Bonchev–Trinajstić information content (AvgIpc) is 3.67. The highest BCUT2D eigenvalue weighted by Gasteiger charge is 2.36. The molecular weight excluding hydrogens is 480 g/mol. The molecule has 2 aromatic carbocycles. The molecule has 1 N–H and O–H groups in total. The first-order valence-corrected chi connectivity index (χ1v) is 11.3. The van der Waals surface area contributed by atoms with E-state index >= 15 is 0 Å². The van der Waals surface area contributed by atoms with Crippen molar-refractivity contribution >= 4 is 29.1 Å². The summed E-state index contributed by atoms with van der Waals surface area (Å²) in [6, 6.07) is 5.25. The minimum Gasteiger partial charge on any atom is -0.493 e. The van der Waals surface area contributed by atoms with Crippen molar-refractivity contribution in [3.8, 4) is 11.5 Å². The fourth-order valence-electron chi connectivity index (χ4n) is 3.97. The Hall–Kier alpha value is -3.47. The third-order valence-electron chi connectivity index (χ3n) is 5.92. The van der Waals surface area contributed by atoms with Crippen LogP contribution in [0.15, 0.2) is 29.3 Å². The first-order valence-electron chi connectivity index (χ1n) is 11.3. The van der Waals surface area contributed by atoms with Crippen LogP contribution >= 0.6 is 0 Å². The van der Waals surface area contributed by atoms with Crippen LogP contribution in [0.25, 0.3) is 10.9 Å². The number of aryl methyl sites for hydroxylation is 1. The molecule has 0 saturated heterocycles. The number of aromatic nitrogens is 2. The van der Waals surface area contributed by atoms with Crippen molar-refractivity contribution in [2.45, 2.75) is 38.6 Å². The molecule has 11 heteroatoms. The van der Waals surface area contributed by atoms with Crippen molar-refractivity contribution < 1.29 is 31.8 Å². The maximum atomic E-state index is 14.7. The number of nitrogens with zero attached hydrogens (tertiary/aromatic N) is 3. The van der Waals surface area contributed by atoms with Gasteiger partial charge in [0.1, 0.15) is 23.6 Å². The molecule has 0 aliphatic heterocycles. The fraction of sp³-hybridized carbons (Fsp3) is 0.400. The summed E-state index contributed by atoms with van der Waals surface area (Å²) in [6.07, 6.45) is -2.94. The second-order valence-electron chi connectivity index (χ2n) is 8.56. The van der Waals surface area contributed by atoms with Gasteiger partial charge >= 0.3 is 6.18 Å². The predicted octanol–water partition coefficient (Wildman–Crippen LogP) is 5.85. The Morgan fingerprint density at radius 1 is 1.14 bits per heavy atom. The molecule has 1 aliphatic rings. The van der Waals surface area contributed by atoms with E-state index in [0.29, 0.717) is 52.6 Å². The Kier molecular flexibility index (Phi) is 7.30. The molecule has 1 fully saturated rings. The van der Waals surface area contributed by atoms with Gasteiger partial charge in [0.15, 0.2) is 11.5 Å². The van der Waals surface area contributed by atoms with E-state index in [1.54, 1.807) is 26.2 Å². The number of halogens is 4. The van der Waals surface area contributed by atoms with Crippen molar-refractivity contribution in [1.29, 1.82) is 0 Å². The number of rotatable bonds is 10. The third-order valence-corrected chi connectivity index (χ3v) is 5.92. The standard InChI is InChI=1S/C25H26F4N4O3/c1-13-32-19-10-20(35-4)21(36-22(12-34-3)14-5-6-14)9-17(19)24(33-13)31-11-15-7-16(30-2)8-18(23(15)26)25(27,28)29/h7-10,14,22H,2,5-6,11-12H2,1,3-4H3,(H,31,32,33). The largest absolute Gasteiger partial charge is 0.493 e. The summed E-state index contributed by atoms with van der Waals surface area (Å²) >= 11 is 0. The molecular formula is C25H26F4N4O3. The Bertz CT molecular complexity index is 1280. The first kappa shape index (κ1) is 25.6. The van der Waals surface area contributed by atoms with Gasteiger partial charge in [0.25, 0.3) is 0 Å². The number of ether oxygens (including phenoxy) is 3. The molecule has 1 heterocycles. The summed E-state index contributed by atoms with van der Waals surface area (Å²) in [6.45, 7) is 5.07. The molecule has 0 amide bonds. The van der Waals surface area contributed by atoms with Gasteiger partial charge in [0.05, 0.1) is 30.5 Å². The Balaban J connectivity index is 1.71. The Labute approximate surface area is 205 Å². The van der Waals surface area contributed by atoms with Gasteiger partial charge in [0, 0.05) is 30.7 Å². The summed E-state index contributed by atoms with van der Waals surface area (Å²) < 4.78 is 71.8. The minimum absolute atomic E-state index is 0.0889. The quantitative estimate of drug-likeness (QED) is 0.275. The van der Waals surface area contributed by atoms with E-state index in [9.17, 15) is 17.6 Å². The minimum atomic E-state index is -4.87. The summed E-state index contributed by atoms with van der Waals surface area (Å²) in [7, 11) is 3.13. The smallest absolute Gasteiger partial charge is 0.419 e. The van der Waals surface area contributed by atoms with Crippen LogP contribution in [-0.2, 0) is 17.5 Å². The molecule has 1 aromatic heterocycles. The van der Waals surface area contributed by atoms with Crippen molar-refractivity contribution in [2.24, 2.45) is 10.9 Å². The number of methoxy groups -OCH3 is 2. The van der Waals surface area contributed by atoms with Crippen molar-refractivity contribution in [3.63, 3.8) is 0 Å². The van der Waals surface area contributed by atoms with Gasteiger partial charge in [-0.1, -0.05) is 0 Å². The zero-order chi connectivity index (χ0) is 26.0. The lowest BCUT2D eigenvalue weighted by Gasteiger charge is -2.20. The van der Waals surface area contributed by atoms with Gasteiger partial charge in [-0.25, -0.2) is 14.4 Å². The molecule has 1 unspecified atom stereocenters. The number of hydrogen-bond acceptors (Lipinski definition) is 7. The Morgan fingerprint density at radius 2 is 1.89 bits per heavy atom. The number of aliphatic imine (C=N–C) groups is 1. The van der Waals surface area contributed by atoms with Crippen LogP contribution in [-0.4, -0.2) is 43.6 Å². The molecule has 0 bridgehead atoms. The maximum absolute atomic E-state index is 14.7. The zero-order valence-electron chi connectivity index (χ0n) is 20.1. The summed E-state index contributed by atoms with van der Waals surface area (Å²) in [5.41, 5.74) is -1.19. The second kappa shape index (κ2) is 10.3. The summed E-state index contributed by atoms with van der Waals surface area (Å²) in [5.74, 6) is 0.652. The molecule has 192 valence electrons. The van der Waals surface area contributed by atoms with Gasteiger partial charge < -0.3 is 19.5 Å². The van der Waals surface area contributed by atoms with Crippen LogP contribution in [0.1, 0.15) is 29.8 Å². The zero-order valence-corrected chi connectivity index (χ0v) is 20.1. The van der Waals surface area contributed by atoms with Crippen LogP contribution in [0, 0.1) is 18.7 Å². The van der Waals surface area contributed by atoms with Gasteiger partial charge in [-0.15, -0.1) is 0 Å². The fourth-order valence-corrected chi connectivity index (χ4v) is 3.97. The molecule has 7 nitrogen and oxygen atoms in total. The van der Waals surface area contributed by atoms with Crippen LogP contribution in [0.3, 0.4) is 0 Å². The number of hydrogen-bond donors (Lipinski definition) is 1. The Morgan fingerprint density at radius 3 is 2.50 bits per heavy atom. The van der Waals surface area contributed by atoms with E-state index in [0.717, 1.165) is 12.8 Å². The lowest BCUT2D eigenvalue weighted by Crippen LogP contribution is -2.25. The number of nitrogens with one attached hydrogen (secondary N) is 1. The average molecular weight is 507 g/mol. The lowest BCUT2D eigenvalue weighted by atomic mass is 10.1. The molecule has 1 atom stereocenters. The highest BCUT2D eigenvalue weighted by molar-refractivity contribution is 5.91. The number of anilines is 1. The monoisotopic (exact) mass is 506 g/mol. The highest BCUT2D eigenvalue weighted by Crippen LogP contribution is 2.40. The lowest BCUT2D eigenvalue weighted by molar-refractivity contribution is -0.140. The molecule has 0 spiro atoms. The van der Waals surface area contributed by atoms with E-state index in [1.807, 2.05) is 0 Å². The third kappa shape index (κ3) is 5.51. The highest BCUT2D eigenvalue weighted by atomic mass is 19.4. The number of benzene rings is 2. The van der Waals surface area contributed by atoms with Crippen LogP contribution in [0.5, 0.6) is 11.5 Å². The molecule has 1 aliphatic carbocycles. The van der Waals surface area contributed by atoms with E-state index in [-0.39, 0.29) is 23.9 Å². The predicted molar refractivity (Wildman–Crippen MR) is 128 cm³/mol. The van der Waals surface area contributed by atoms with Crippen LogP contribution in [0.2, 0.25) is 0 Å². The van der Waals surface area contributed by atoms with Gasteiger partial charge in [-0.2, -0.15) is 13.2 Å². The SMILES string of the molecule is C=Nc1cc(CNc2nc(C)nc3cc(OC)c(OC(COC)C4CC4)cc23)c(F)c(C(F)(F)F)c1. The topological polar surface area (TPSA) is 77.9 Å². The summed E-state index contributed by atoms with van der Waals surface area (Å²) in [5, 5.41) is 3.49.